The lowest BCUT2D eigenvalue weighted by Gasteiger charge is -2.40. The van der Waals surface area contributed by atoms with E-state index in [1.54, 1.807) is 19.2 Å². The standard InChI is InChI=1S/C27H37Cl2N3O3/c1-26(2,3)16-22-27(30,20-11-10-19(29)15-21(20)35-4)23(17-8-7-9-18(28)14-17)24(32-22)25(34)31-12-5-6-13-33/h7-11,14-15,22-24,32-33H,5-6,12-13,16,30H2,1-4H3,(H,31,34)/t22-,23-,24-,27+/m0/s1. The minimum Gasteiger partial charge on any atom is -0.496 e. The third-order valence-corrected chi connectivity index (χ3v) is 7.10. The van der Waals surface area contributed by atoms with Crippen LogP contribution in [0, 0.1) is 5.41 Å². The number of methoxy groups -OCH3 is 1. The second-order valence-corrected chi connectivity index (χ2v) is 11.4. The number of unbranched alkanes of at least 4 members (excludes halogenated alkanes) is 1. The van der Waals surface area contributed by atoms with Gasteiger partial charge in [-0.25, -0.2) is 0 Å². The molecule has 35 heavy (non-hydrogen) atoms. The Morgan fingerprint density at radius 1 is 1.17 bits per heavy atom. The summed E-state index contributed by atoms with van der Waals surface area (Å²) in [6.07, 6.45) is 2.05. The molecule has 0 spiro atoms. The van der Waals surface area contributed by atoms with Crippen molar-refractivity contribution in [3.8, 4) is 5.75 Å². The highest BCUT2D eigenvalue weighted by atomic mass is 35.5. The number of benzene rings is 2. The first-order valence-electron chi connectivity index (χ1n) is 12.0. The van der Waals surface area contributed by atoms with E-state index in [0.29, 0.717) is 35.2 Å². The molecule has 0 aromatic heterocycles. The van der Waals surface area contributed by atoms with Gasteiger partial charge in [0.2, 0.25) is 5.91 Å². The van der Waals surface area contributed by atoms with E-state index in [2.05, 4.69) is 31.4 Å². The van der Waals surface area contributed by atoms with Crippen LogP contribution in [0.5, 0.6) is 5.75 Å². The van der Waals surface area contributed by atoms with Crippen molar-refractivity contribution < 1.29 is 14.6 Å². The Morgan fingerprint density at radius 2 is 1.89 bits per heavy atom. The number of aliphatic hydroxyl groups excluding tert-OH is 1. The zero-order valence-corrected chi connectivity index (χ0v) is 22.4. The largest absolute Gasteiger partial charge is 0.496 e. The minimum absolute atomic E-state index is 0.0622. The molecular weight excluding hydrogens is 485 g/mol. The van der Waals surface area contributed by atoms with Crippen LogP contribution >= 0.6 is 23.2 Å². The van der Waals surface area contributed by atoms with Crippen LogP contribution in [-0.4, -0.2) is 43.4 Å². The Balaban J connectivity index is 2.17. The molecule has 2 aromatic carbocycles. The highest BCUT2D eigenvalue weighted by Gasteiger charge is 2.57. The lowest BCUT2D eigenvalue weighted by molar-refractivity contribution is -0.123. The highest BCUT2D eigenvalue weighted by molar-refractivity contribution is 6.31. The number of nitrogens with one attached hydrogen (secondary N) is 2. The average Bonchev–Trinajstić information content (AvgIpc) is 3.07. The lowest BCUT2D eigenvalue weighted by atomic mass is 9.68. The van der Waals surface area contributed by atoms with Gasteiger partial charge < -0.3 is 26.2 Å². The van der Waals surface area contributed by atoms with Crippen LogP contribution in [0.4, 0.5) is 0 Å². The first-order valence-corrected chi connectivity index (χ1v) is 12.8. The van der Waals surface area contributed by atoms with Gasteiger partial charge >= 0.3 is 0 Å². The fraction of sp³-hybridized carbons (Fsp3) is 0.519. The van der Waals surface area contributed by atoms with E-state index in [4.69, 9.17) is 38.8 Å². The molecule has 5 N–H and O–H groups in total. The van der Waals surface area contributed by atoms with Crippen molar-refractivity contribution in [1.29, 1.82) is 0 Å². The number of hydrogen-bond acceptors (Lipinski definition) is 5. The van der Waals surface area contributed by atoms with E-state index >= 15 is 0 Å². The fourth-order valence-electron chi connectivity index (χ4n) is 5.12. The van der Waals surface area contributed by atoms with Gasteiger partial charge in [-0.05, 0) is 54.5 Å². The average molecular weight is 523 g/mol. The van der Waals surface area contributed by atoms with Crippen LogP contribution < -0.4 is 21.1 Å². The lowest BCUT2D eigenvalue weighted by Crippen LogP contribution is -2.52. The zero-order chi connectivity index (χ0) is 25.8. The third-order valence-electron chi connectivity index (χ3n) is 6.63. The molecule has 8 heteroatoms. The number of halogens is 2. The third kappa shape index (κ3) is 6.30. The summed E-state index contributed by atoms with van der Waals surface area (Å²) in [7, 11) is 1.60. The van der Waals surface area contributed by atoms with Gasteiger partial charge in [-0.3, -0.25) is 4.79 Å². The van der Waals surface area contributed by atoms with Crippen molar-refractivity contribution in [2.75, 3.05) is 20.3 Å². The molecule has 1 saturated heterocycles. The van der Waals surface area contributed by atoms with Crippen molar-refractivity contribution in [2.24, 2.45) is 11.1 Å². The topological polar surface area (TPSA) is 96.6 Å². The predicted molar refractivity (Wildman–Crippen MR) is 142 cm³/mol. The first kappa shape index (κ1) is 27.8. The summed E-state index contributed by atoms with van der Waals surface area (Å²) in [6.45, 7) is 7.05. The molecule has 3 rings (SSSR count). The Hall–Kier alpha value is -1.83. The summed E-state index contributed by atoms with van der Waals surface area (Å²) in [5.74, 6) is 0.0188. The molecule has 1 aliphatic rings. The van der Waals surface area contributed by atoms with Gasteiger partial charge in [-0.2, -0.15) is 0 Å². The molecular formula is C27H37Cl2N3O3. The second-order valence-electron chi connectivity index (χ2n) is 10.5. The normalized spacial score (nSPS) is 24.4. The molecule has 6 nitrogen and oxygen atoms in total. The smallest absolute Gasteiger partial charge is 0.237 e. The maximum atomic E-state index is 13.5. The molecule has 1 amide bonds. The molecule has 192 valence electrons. The number of carbonyl (C=O) groups excluding carboxylic acids is 1. The Bertz CT molecular complexity index is 1030. The van der Waals surface area contributed by atoms with E-state index in [9.17, 15) is 4.79 Å². The van der Waals surface area contributed by atoms with Crippen LogP contribution in [0.2, 0.25) is 10.0 Å². The maximum absolute atomic E-state index is 13.5. The van der Waals surface area contributed by atoms with Crippen molar-refractivity contribution >= 4 is 29.1 Å². The minimum atomic E-state index is -0.999. The molecule has 0 unspecified atom stereocenters. The molecule has 0 radical (unpaired) electrons. The summed E-state index contributed by atoms with van der Waals surface area (Å²) < 4.78 is 5.74. The summed E-state index contributed by atoms with van der Waals surface area (Å²) in [6, 6.07) is 12.2. The molecule has 1 fully saturated rings. The number of nitrogens with two attached hydrogens (primary N) is 1. The predicted octanol–water partition coefficient (Wildman–Crippen LogP) is 4.61. The molecule has 1 heterocycles. The Labute approximate surface area is 218 Å². The first-order chi connectivity index (χ1) is 16.5. The van der Waals surface area contributed by atoms with Crippen LogP contribution in [-0.2, 0) is 10.3 Å². The van der Waals surface area contributed by atoms with Gasteiger partial charge in [-0.1, -0.05) is 62.2 Å². The van der Waals surface area contributed by atoms with E-state index in [0.717, 1.165) is 17.5 Å². The number of carbonyl (C=O) groups is 1. The highest BCUT2D eigenvalue weighted by Crippen LogP contribution is 2.50. The fourth-order valence-corrected chi connectivity index (χ4v) is 5.48. The molecule has 0 aliphatic carbocycles. The van der Waals surface area contributed by atoms with Crippen molar-refractivity contribution in [3.05, 3.63) is 63.6 Å². The molecule has 4 atom stereocenters. The van der Waals surface area contributed by atoms with Gasteiger partial charge in [0, 0.05) is 40.7 Å². The number of hydrogen-bond donors (Lipinski definition) is 4. The second kappa shape index (κ2) is 11.5. The van der Waals surface area contributed by atoms with Gasteiger partial charge in [0.25, 0.3) is 0 Å². The molecule has 2 aromatic rings. The van der Waals surface area contributed by atoms with Crippen LogP contribution in [0.15, 0.2) is 42.5 Å². The molecule has 0 saturated carbocycles. The number of ether oxygens (including phenoxy) is 1. The molecule has 1 aliphatic heterocycles. The van der Waals surface area contributed by atoms with E-state index in [1.165, 1.54) is 0 Å². The van der Waals surface area contributed by atoms with E-state index in [1.807, 2.05) is 30.3 Å². The summed E-state index contributed by atoms with van der Waals surface area (Å²) in [5, 5.41) is 16.8. The van der Waals surface area contributed by atoms with Crippen molar-refractivity contribution in [3.63, 3.8) is 0 Å². The SMILES string of the molecule is COc1cc(Cl)ccc1[C@@]1(N)[C@H](CC(C)(C)C)N[C@H](C(=O)NCCCCO)[C@@H]1c1cccc(Cl)c1. The molecule has 0 bridgehead atoms. The summed E-state index contributed by atoms with van der Waals surface area (Å²) in [4.78, 5) is 13.5. The van der Waals surface area contributed by atoms with Crippen molar-refractivity contribution in [1.82, 2.24) is 10.6 Å². The quantitative estimate of drug-likeness (QED) is 0.361. The van der Waals surface area contributed by atoms with Crippen LogP contribution in [0.3, 0.4) is 0 Å². The summed E-state index contributed by atoms with van der Waals surface area (Å²) >= 11 is 12.7. The Morgan fingerprint density at radius 3 is 2.51 bits per heavy atom. The van der Waals surface area contributed by atoms with Gasteiger partial charge in [0.15, 0.2) is 0 Å². The maximum Gasteiger partial charge on any atom is 0.237 e. The van der Waals surface area contributed by atoms with Crippen molar-refractivity contribution in [2.45, 2.75) is 63.6 Å². The summed E-state index contributed by atoms with van der Waals surface area (Å²) in [5.41, 5.74) is 8.04. The van der Waals surface area contributed by atoms with Crippen LogP contribution in [0.25, 0.3) is 0 Å². The van der Waals surface area contributed by atoms with Gasteiger partial charge in [0.05, 0.1) is 18.7 Å². The monoisotopic (exact) mass is 521 g/mol. The number of rotatable bonds is 9. The van der Waals surface area contributed by atoms with E-state index < -0.39 is 17.5 Å². The van der Waals surface area contributed by atoms with Gasteiger partial charge in [-0.15, -0.1) is 0 Å². The number of aliphatic hydroxyl groups is 1. The Kier molecular flexibility index (Phi) is 9.11. The van der Waals surface area contributed by atoms with Gasteiger partial charge in [0.1, 0.15) is 5.75 Å². The van der Waals surface area contributed by atoms with E-state index in [-0.39, 0.29) is 24.0 Å². The zero-order valence-electron chi connectivity index (χ0n) is 20.9. The number of amides is 1. The van der Waals surface area contributed by atoms with Crippen LogP contribution in [0.1, 0.15) is 57.1 Å².